The Morgan fingerprint density at radius 2 is 1.70 bits per heavy atom. The van der Waals surface area contributed by atoms with Gasteiger partial charge in [-0.2, -0.15) is 0 Å². The molecule has 33 heavy (non-hydrogen) atoms. The third-order valence-corrected chi connectivity index (χ3v) is 5.66. The average Bonchev–Trinajstić information content (AvgIpc) is 3.18. The molecule has 0 aliphatic heterocycles. The number of nitrogens with one attached hydrogen (secondary N) is 1. The highest BCUT2D eigenvalue weighted by molar-refractivity contribution is 7.90. The molecule has 0 saturated heterocycles. The van der Waals surface area contributed by atoms with Crippen LogP contribution in [0.5, 0.6) is 0 Å². The van der Waals surface area contributed by atoms with Gasteiger partial charge in [-0.15, -0.1) is 0 Å². The Balaban J connectivity index is 0.000000414. The number of carboxylic acid groups (broad SMARTS) is 2. The maximum atomic E-state index is 14.2. The van der Waals surface area contributed by atoms with Crippen molar-refractivity contribution in [2.45, 2.75) is 11.4 Å². The summed E-state index contributed by atoms with van der Waals surface area (Å²) in [5, 5.41) is 18.5. The summed E-state index contributed by atoms with van der Waals surface area (Å²) in [7, 11) is -2.36. The third-order valence-electron chi connectivity index (χ3n) is 4.00. The van der Waals surface area contributed by atoms with Gasteiger partial charge >= 0.3 is 11.9 Å². The van der Waals surface area contributed by atoms with Crippen LogP contribution in [-0.4, -0.2) is 46.6 Å². The smallest absolute Gasteiger partial charge is 0.328 e. The number of nitrogens with zero attached hydrogens (tertiary/aromatic N) is 2. The second-order valence-corrected chi connectivity index (χ2v) is 8.17. The first-order valence-corrected chi connectivity index (χ1v) is 10.6. The normalized spacial score (nSPS) is 11.1. The molecule has 0 aliphatic rings. The first kappa shape index (κ1) is 25.4. The van der Waals surface area contributed by atoms with Crippen molar-refractivity contribution in [3.05, 3.63) is 84.3 Å². The number of pyridine rings is 1. The fourth-order valence-electron chi connectivity index (χ4n) is 2.68. The zero-order valence-electron chi connectivity index (χ0n) is 17.1. The van der Waals surface area contributed by atoms with Gasteiger partial charge in [0.25, 0.3) is 10.0 Å². The van der Waals surface area contributed by atoms with Crippen LogP contribution in [-0.2, 0) is 26.2 Å². The van der Waals surface area contributed by atoms with Crippen molar-refractivity contribution < 1.29 is 37.0 Å². The van der Waals surface area contributed by atoms with E-state index >= 15 is 0 Å². The van der Waals surface area contributed by atoms with Crippen LogP contribution in [0.3, 0.4) is 0 Å². The number of carboxylic acids is 2. The molecule has 0 aliphatic carbocycles. The third kappa shape index (κ3) is 6.54. The molecule has 2 heterocycles. The van der Waals surface area contributed by atoms with Crippen LogP contribution in [0, 0.1) is 11.6 Å². The van der Waals surface area contributed by atoms with Gasteiger partial charge in [-0.3, -0.25) is 4.98 Å². The topological polar surface area (TPSA) is 139 Å². The molecule has 0 spiro atoms. The monoisotopic (exact) mass is 479 g/mol. The van der Waals surface area contributed by atoms with E-state index < -0.39 is 39.2 Å². The number of hydrogen-bond acceptors (Lipinski definition) is 6. The van der Waals surface area contributed by atoms with Crippen LogP contribution < -0.4 is 5.32 Å². The molecule has 0 saturated carbocycles. The molecule has 0 fully saturated rings. The predicted octanol–water partition coefficient (Wildman–Crippen LogP) is 2.50. The van der Waals surface area contributed by atoms with Gasteiger partial charge in [0.2, 0.25) is 0 Å². The Bertz CT molecular complexity index is 1240. The van der Waals surface area contributed by atoms with Crippen LogP contribution in [0.25, 0.3) is 11.3 Å². The zero-order valence-corrected chi connectivity index (χ0v) is 18.0. The Morgan fingerprint density at radius 1 is 1.09 bits per heavy atom. The van der Waals surface area contributed by atoms with E-state index in [1.165, 1.54) is 42.9 Å². The standard InChI is InChI=1S/C17H15F2N3O2S.C4H4O4/c1-20-9-12-8-16(17-14(18)5-2-6-15(17)19)22(11-12)25(23,24)13-4-3-7-21-10-13;5-3(6)1-2-4(7)8/h2-8,10-11,20H,9H2,1H3;1-2H,(H,5,6)(H,7,8)/b;2-1+. The van der Waals surface area contributed by atoms with E-state index in [-0.39, 0.29) is 10.6 Å². The molecule has 0 unspecified atom stereocenters. The van der Waals surface area contributed by atoms with Crippen LogP contribution in [0.1, 0.15) is 5.56 Å². The summed E-state index contributed by atoms with van der Waals surface area (Å²) in [6.45, 7) is 0.346. The van der Waals surface area contributed by atoms with Crippen molar-refractivity contribution in [1.82, 2.24) is 14.3 Å². The van der Waals surface area contributed by atoms with Gasteiger partial charge in [0.15, 0.2) is 0 Å². The fourth-order valence-corrected chi connectivity index (χ4v) is 4.03. The minimum Gasteiger partial charge on any atom is -0.478 e. The van der Waals surface area contributed by atoms with Crippen LogP contribution in [0.15, 0.2) is 72.0 Å². The highest BCUT2D eigenvalue weighted by atomic mass is 32.2. The second kappa shape index (κ2) is 11.1. The van der Waals surface area contributed by atoms with Gasteiger partial charge in [0.1, 0.15) is 16.5 Å². The number of aromatic nitrogens is 2. The summed E-state index contributed by atoms with van der Waals surface area (Å²) >= 11 is 0. The Hall–Kier alpha value is -3.90. The zero-order chi connectivity index (χ0) is 24.6. The van der Waals surface area contributed by atoms with Gasteiger partial charge in [-0.05, 0) is 42.9 Å². The van der Waals surface area contributed by atoms with Gasteiger partial charge < -0.3 is 15.5 Å². The number of aliphatic carboxylic acids is 2. The first-order valence-electron chi connectivity index (χ1n) is 9.17. The number of carbonyl (C=O) groups is 2. The quantitative estimate of drug-likeness (QED) is 0.440. The Kier molecular flexibility index (Phi) is 8.54. The maximum absolute atomic E-state index is 14.2. The minimum absolute atomic E-state index is 0.0698. The van der Waals surface area contributed by atoms with Gasteiger partial charge in [0.05, 0.1) is 11.3 Å². The highest BCUT2D eigenvalue weighted by Crippen LogP contribution is 2.30. The van der Waals surface area contributed by atoms with E-state index in [0.29, 0.717) is 24.3 Å². The molecule has 0 bridgehead atoms. The molecule has 0 atom stereocenters. The van der Waals surface area contributed by atoms with Crippen molar-refractivity contribution >= 4 is 22.0 Å². The lowest BCUT2D eigenvalue weighted by Crippen LogP contribution is -2.14. The second-order valence-electron chi connectivity index (χ2n) is 6.36. The fraction of sp³-hybridized carbons (Fsp3) is 0.0952. The highest BCUT2D eigenvalue weighted by Gasteiger charge is 2.25. The molecule has 1 aromatic carbocycles. The summed E-state index contributed by atoms with van der Waals surface area (Å²) in [4.78, 5) is 22.8. The van der Waals surface area contributed by atoms with E-state index in [0.717, 1.165) is 16.1 Å². The van der Waals surface area contributed by atoms with E-state index in [4.69, 9.17) is 10.2 Å². The molecular formula is C21H19F2N3O6S. The molecule has 3 N–H and O–H groups in total. The molecule has 2 aromatic heterocycles. The summed E-state index contributed by atoms with van der Waals surface area (Å²) in [5.41, 5.74) is 0.106. The van der Waals surface area contributed by atoms with Crippen molar-refractivity contribution in [3.8, 4) is 11.3 Å². The molecule has 3 aromatic rings. The molecule has 174 valence electrons. The van der Waals surface area contributed by atoms with E-state index in [9.17, 15) is 26.8 Å². The number of hydrogen-bond donors (Lipinski definition) is 3. The SMILES string of the molecule is CNCc1cc(-c2c(F)cccc2F)n(S(=O)(=O)c2cccnc2)c1.O=C(O)/C=C/C(=O)O. The van der Waals surface area contributed by atoms with Crippen LogP contribution in [0.2, 0.25) is 0 Å². The number of halogens is 2. The van der Waals surface area contributed by atoms with E-state index in [2.05, 4.69) is 10.3 Å². The molecular weight excluding hydrogens is 460 g/mol. The predicted molar refractivity (Wildman–Crippen MR) is 114 cm³/mol. The van der Waals surface area contributed by atoms with Crippen molar-refractivity contribution in [3.63, 3.8) is 0 Å². The van der Waals surface area contributed by atoms with Crippen LogP contribution in [0.4, 0.5) is 8.78 Å². The molecule has 12 heteroatoms. The molecule has 3 rings (SSSR count). The largest absolute Gasteiger partial charge is 0.478 e. The van der Waals surface area contributed by atoms with Gasteiger partial charge in [-0.25, -0.2) is 30.8 Å². The number of rotatable bonds is 7. The average molecular weight is 479 g/mol. The van der Waals surface area contributed by atoms with E-state index in [1.807, 2.05) is 0 Å². The summed E-state index contributed by atoms with van der Waals surface area (Å²) in [6, 6.07) is 7.71. The lowest BCUT2D eigenvalue weighted by molar-refractivity contribution is -0.134. The number of benzene rings is 1. The Morgan fingerprint density at radius 3 is 2.18 bits per heavy atom. The summed E-state index contributed by atoms with van der Waals surface area (Å²) in [6.07, 6.45) is 5.10. The lowest BCUT2D eigenvalue weighted by atomic mass is 10.1. The molecule has 0 amide bonds. The van der Waals surface area contributed by atoms with Gasteiger partial charge in [-0.1, -0.05) is 6.07 Å². The maximum Gasteiger partial charge on any atom is 0.328 e. The van der Waals surface area contributed by atoms with Crippen molar-refractivity contribution in [2.24, 2.45) is 0 Å². The van der Waals surface area contributed by atoms with Gasteiger partial charge in [0, 0.05) is 37.3 Å². The molecule has 0 radical (unpaired) electrons. The summed E-state index contributed by atoms with van der Waals surface area (Å²) < 4.78 is 55.2. The Labute approximate surface area is 187 Å². The minimum atomic E-state index is -4.06. The van der Waals surface area contributed by atoms with Crippen molar-refractivity contribution in [1.29, 1.82) is 0 Å². The lowest BCUT2D eigenvalue weighted by Gasteiger charge is -2.11. The first-order chi connectivity index (χ1) is 15.6. The summed E-state index contributed by atoms with van der Waals surface area (Å²) in [5.74, 6) is -4.19. The molecule has 9 nitrogen and oxygen atoms in total. The van der Waals surface area contributed by atoms with Crippen molar-refractivity contribution in [2.75, 3.05) is 7.05 Å². The van der Waals surface area contributed by atoms with E-state index in [1.54, 1.807) is 7.05 Å². The van der Waals surface area contributed by atoms with Crippen LogP contribution >= 0.6 is 0 Å².